The predicted octanol–water partition coefficient (Wildman–Crippen LogP) is 2.51. The lowest BCUT2D eigenvalue weighted by molar-refractivity contribution is -0.384. The summed E-state index contributed by atoms with van der Waals surface area (Å²) in [6, 6.07) is 4.28. The third kappa shape index (κ3) is 4.63. The van der Waals surface area contributed by atoms with Crippen LogP contribution in [0.5, 0.6) is 5.75 Å². The lowest BCUT2D eigenvalue weighted by atomic mass is 10.2. The molecule has 142 valence electrons. The molecule has 1 unspecified atom stereocenters. The Balaban J connectivity index is 1.95. The Labute approximate surface area is 146 Å². The zero-order valence-corrected chi connectivity index (χ0v) is 13.9. The number of aromatic nitrogens is 2. The molecule has 1 aromatic heterocycles. The number of nitrogens with zero attached hydrogens (tertiary/aromatic N) is 3. The molecule has 11 heteroatoms. The average molecular weight is 374 g/mol. The number of aryl methyl sites for hydroxylation is 2. The first kappa shape index (κ1) is 19.5. The molecule has 0 radical (unpaired) electrons. The molecule has 1 atom stereocenters. The zero-order valence-electron chi connectivity index (χ0n) is 13.9. The summed E-state index contributed by atoms with van der Waals surface area (Å²) in [5, 5.41) is 27.6. The number of ether oxygens (including phenoxy) is 1. The highest BCUT2D eigenvalue weighted by Gasteiger charge is 2.30. The smallest absolute Gasteiger partial charge is 0.416 e. The summed E-state index contributed by atoms with van der Waals surface area (Å²) >= 11 is 0. The van der Waals surface area contributed by atoms with Gasteiger partial charge in [0.2, 0.25) is 5.82 Å². The van der Waals surface area contributed by atoms with Crippen LogP contribution in [-0.4, -0.2) is 39.1 Å². The van der Waals surface area contributed by atoms with Crippen molar-refractivity contribution in [1.82, 2.24) is 9.78 Å². The van der Waals surface area contributed by atoms with Gasteiger partial charge in [0.25, 0.3) is 0 Å². The summed E-state index contributed by atoms with van der Waals surface area (Å²) in [7, 11) is 1.51. The first-order chi connectivity index (χ1) is 12.1. The molecule has 2 N–H and O–H groups in total. The van der Waals surface area contributed by atoms with Gasteiger partial charge in [-0.25, -0.2) is 4.68 Å². The normalized spacial score (nSPS) is 12.7. The maximum absolute atomic E-state index is 12.6. The van der Waals surface area contributed by atoms with Crippen molar-refractivity contribution in [2.45, 2.75) is 19.2 Å². The van der Waals surface area contributed by atoms with Crippen LogP contribution in [0.3, 0.4) is 0 Å². The predicted molar refractivity (Wildman–Crippen MR) is 86.0 cm³/mol. The molecule has 0 saturated carbocycles. The van der Waals surface area contributed by atoms with Crippen molar-refractivity contribution in [2.75, 3.05) is 18.5 Å². The van der Waals surface area contributed by atoms with E-state index in [4.69, 9.17) is 4.74 Å². The first-order valence-electron chi connectivity index (χ1n) is 7.49. The van der Waals surface area contributed by atoms with E-state index in [0.717, 1.165) is 12.1 Å². The summed E-state index contributed by atoms with van der Waals surface area (Å²) in [5.41, 5.74) is -0.850. The van der Waals surface area contributed by atoms with Crippen molar-refractivity contribution in [3.63, 3.8) is 0 Å². The van der Waals surface area contributed by atoms with E-state index in [1.165, 1.54) is 30.8 Å². The highest BCUT2D eigenvalue weighted by molar-refractivity contribution is 5.59. The number of aliphatic hydroxyl groups excluding tert-OH is 1. The quantitative estimate of drug-likeness (QED) is 0.570. The van der Waals surface area contributed by atoms with E-state index in [1.54, 1.807) is 0 Å². The zero-order chi connectivity index (χ0) is 19.5. The maximum atomic E-state index is 12.6. The molecule has 0 fully saturated rings. The molecule has 0 spiro atoms. The van der Waals surface area contributed by atoms with Crippen molar-refractivity contribution < 1.29 is 27.9 Å². The molecule has 1 heterocycles. The number of aliphatic hydroxyl groups is 1. The second kappa shape index (κ2) is 7.60. The van der Waals surface area contributed by atoms with Crippen molar-refractivity contribution >= 4 is 11.5 Å². The minimum atomic E-state index is -4.49. The molecule has 8 nitrogen and oxygen atoms in total. The number of alkyl halides is 3. The maximum Gasteiger partial charge on any atom is 0.416 e. The van der Waals surface area contributed by atoms with Crippen LogP contribution in [0.1, 0.15) is 11.3 Å². The topological polar surface area (TPSA) is 102 Å². The SMILES string of the molecule is Cc1nn(C)c(NCC(O)COc2cccc(C(F)(F)F)c2)c1[N+](=O)[O-]. The van der Waals surface area contributed by atoms with E-state index in [2.05, 4.69) is 10.4 Å². The third-order valence-corrected chi connectivity index (χ3v) is 3.48. The van der Waals surface area contributed by atoms with E-state index in [0.29, 0.717) is 0 Å². The van der Waals surface area contributed by atoms with Gasteiger partial charge >= 0.3 is 11.9 Å². The monoisotopic (exact) mass is 374 g/mol. The Hall–Kier alpha value is -2.82. The molecule has 0 amide bonds. The van der Waals surface area contributed by atoms with Crippen molar-refractivity contribution in [2.24, 2.45) is 7.05 Å². The lowest BCUT2D eigenvalue weighted by Gasteiger charge is -2.15. The molecular formula is C15H17F3N4O4. The number of hydrogen-bond donors (Lipinski definition) is 2. The average Bonchev–Trinajstić information content (AvgIpc) is 2.84. The fraction of sp³-hybridized carbons (Fsp3) is 0.400. The number of benzene rings is 1. The third-order valence-electron chi connectivity index (χ3n) is 3.48. The van der Waals surface area contributed by atoms with Crippen LogP contribution in [0.25, 0.3) is 0 Å². The number of nitrogens with one attached hydrogen (secondary N) is 1. The highest BCUT2D eigenvalue weighted by atomic mass is 19.4. The van der Waals surface area contributed by atoms with E-state index in [-0.39, 0.29) is 36.1 Å². The number of nitro groups is 1. The Kier molecular flexibility index (Phi) is 5.70. The van der Waals surface area contributed by atoms with Crippen molar-refractivity contribution in [3.8, 4) is 5.75 Å². The van der Waals surface area contributed by atoms with E-state index in [9.17, 15) is 28.4 Å². The van der Waals surface area contributed by atoms with E-state index in [1.807, 2.05) is 0 Å². The molecular weight excluding hydrogens is 357 g/mol. The van der Waals surface area contributed by atoms with E-state index < -0.39 is 22.8 Å². The van der Waals surface area contributed by atoms with Gasteiger partial charge in [0.05, 0.1) is 10.5 Å². The largest absolute Gasteiger partial charge is 0.491 e. The summed E-state index contributed by atoms with van der Waals surface area (Å²) in [5.74, 6) is 0.0758. The van der Waals surface area contributed by atoms with Crippen LogP contribution in [0.4, 0.5) is 24.7 Å². The molecule has 0 saturated heterocycles. The van der Waals surface area contributed by atoms with Gasteiger partial charge in [0.15, 0.2) is 0 Å². The van der Waals surface area contributed by atoms with Gasteiger partial charge in [-0.2, -0.15) is 18.3 Å². The second-order valence-electron chi connectivity index (χ2n) is 5.53. The molecule has 2 aromatic rings. The molecule has 0 aliphatic rings. The van der Waals surface area contributed by atoms with Crippen LogP contribution in [-0.2, 0) is 13.2 Å². The molecule has 1 aromatic carbocycles. The fourth-order valence-corrected chi connectivity index (χ4v) is 2.29. The van der Waals surface area contributed by atoms with Gasteiger partial charge in [0.1, 0.15) is 24.2 Å². The Bertz CT molecular complexity index is 792. The van der Waals surface area contributed by atoms with Crippen LogP contribution in [0.15, 0.2) is 24.3 Å². The lowest BCUT2D eigenvalue weighted by Crippen LogP contribution is -2.27. The summed E-state index contributed by atoms with van der Waals surface area (Å²) in [4.78, 5) is 10.5. The molecule has 0 bridgehead atoms. The number of hydrogen-bond acceptors (Lipinski definition) is 6. The Morgan fingerprint density at radius 1 is 1.46 bits per heavy atom. The highest BCUT2D eigenvalue weighted by Crippen LogP contribution is 2.31. The standard InChI is InChI=1S/C15H17F3N4O4/c1-9-13(22(24)25)14(21(2)20-9)19-7-11(23)8-26-12-5-3-4-10(6-12)15(16,17)18/h3-6,11,19,23H,7-8H2,1-2H3. The van der Waals surface area contributed by atoms with E-state index >= 15 is 0 Å². The molecule has 0 aliphatic heterocycles. The summed E-state index contributed by atoms with van der Waals surface area (Å²) < 4.78 is 44.4. The van der Waals surface area contributed by atoms with Crippen LogP contribution >= 0.6 is 0 Å². The van der Waals surface area contributed by atoms with Gasteiger partial charge in [-0.1, -0.05) is 6.07 Å². The van der Waals surface area contributed by atoms with Gasteiger partial charge in [-0.3, -0.25) is 10.1 Å². The number of halogens is 3. The number of anilines is 1. The van der Waals surface area contributed by atoms with Gasteiger partial charge in [-0.05, 0) is 25.1 Å². The van der Waals surface area contributed by atoms with Gasteiger partial charge in [-0.15, -0.1) is 0 Å². The second-order valence-corrected chi connectivity index (χ2v) is 5.53. The molecule has 2 rings (SSSR count). The molecule has 26 heavy (non-hydrogen) atoms. The Morgan fingerprint density at radius 2 is 2.15 bits per heavy atom. The summed E-state index contributed by atoms with van der Waals surface area (Å²) in [6.45, 7) is 1.08. The fourth-order valence-electron chi connectivity index (χ4n) is 2.29. The Morgan fingerprint density at radius 3 is 2.77 bits per heavy atom. The van der Waals surface area contributed by atoms with Crippen molar-refractivity contribution in [3.05, 3.63) is 45.6 Å². The minimum Gasteiger partial charge on any atom is -0.491 e. The minimum absolute atomic E-state index is 0.0405. The first-order valence-corrected chi connectivity index (χ1v) is 7.49. The molecule has 0 aliphatic carbocycles. The van der Waals surface area contributed by atoms with Gasteiger partial charge < -0.3 is 15.2 Å². The van der Waals surface area contributed by atoms with Crippen LogP contribution in [0, 0.1) is 17.0 Å². The van der Waals surface area contributed by atoms with Crippen LogP contribution in [0.2, 0.25) is 0 Å². The van der Waals surface area contributed by atoms with Gasteiger partial charge in [0, 0.05) is 13.6 Å². The number of rotatable bonds is 7. The summed E-state index contributed by atoms with van der Waals surface area (Å²) in [6.07, 6.45) is -5.60. The van der Waals surface area contributed by atoms with Crippen molar-refractivity contribution in [1.29, 1.82) is 0 Å². The van der Waals surface area contributed by atoms with Crippen LogP contribution < -0.4 is 10.1 Å².